The van der Waals surface area contributed by atoms with Crippen molar-refractivity contribution in [3.63, 3.8) is 0 Å². The summed E-state index contributed by atoms with van der Waals surface area (Å²) >= 11 is 0. The molecule has 1 saturated heterocycles. The van der Waals surface area contributed by atoms with Crippen LogP contribution in [-0.4, -0.2) is 41.7 Å². The predicted molar refractivity (Wildman–Crippen MR) is 108 cm³/mol. The van der Waals surface area contributed by atoms with Crippen molar-refractivity contribution >= 4 is 12.0 Å². The second-order valence-corrected chi connectivity index (χ2v) is 7.91. The average Bonchev–Trinajstić information content (AvgIpc) is 2.67. The number of amides is 2. The van der Waals surface area contributed by atoms with Crippen LogP contribution in [0.1, 0.15) is 37.8 Å². The molecule has 2 heterocycles. The highest BCUT2D eigenvalue weighted by Gasteiger charge is 2.25. The van der Waals surface area contributed by atoms with Gasteiger partial charge in [-0.15, -0.1) is 0 Å². The Balaban J connectivity index is 1.51. The Bertz CT molecular complexity index is 762. The molecule has 0 saturated carbocycles. The molecule has 0 radical (unpaired) electrons. The number of benzene rings is 1. The summed E-state index contributed by atoms with van der Waals surface area (Å²) in [7, 11) is 0. The van der Waals surface area contributed by atoms with Gasteiger partial charge in [-0.3, -0.25) is 0 Å². The molecule has 1 aromatic heterocycles. The van der Waals surface area contributed by atoms with Gasteiger partial charge >= 0.3 is 6.03 Å². The van der Waals surface area contributed by atoms with Crippen LogP contribution in [0.4, 0.5) is 10.7 Å². The molecule has 0 spiro atoms. The van der Waals surface area contributed by atoms with Crippen LogP contribution in [0.2, 0.25) is 0 Å². The lowest BCUT2D eigenvalue weighted by Crippen LogP contribution is -2.52. The van der Waals surface area contributed by atoms with E-state index in [1.54, 1.807) is 12.4 Å². The highest BCUT2D eigenvalue weighted by Crippen LogP contribution is 2.23. The van der Waals surface area contributed by atoms with Gasteiger partial charge in [-0.1, -0.05) is 43.7 Å². The quantitative estimate of drug-likeness (QED) is 0.852. The largest absolute Gasteiger partial charge is 0.339 e. The summed E-state index contributed by atoms with van der Waals surface area (Å²) in [5.41, 5.74) is 2.34. The number of hydrogen-bond acceptors (Lipinski definition) is 4. The lowest BCUT2D eigenvalue weighted by Gasteiger charge is -2.33. The number of aryl methyl sites for hydroxylation is 1. The number of carbonyl (C=O) groups excluding carboxylic acids is 1. The Kier molecular flexibility index (Phi) is 5.94. The molecule has 2 aromatic rings. The molecule has 6 heteroatoms. The molecule has 1 aromatic carbocycles. The molecule has 144 valence electrons. The van der Waals surface area contributed by atoms with Gasteiger partial charge in [-0.2, -0.15) is 0 Å². The maximum Gasteiger partial charge on any atom is 0.315 e. The SMILES string of the molecule is Cc1cccc(C(C)(C)CNC(=O)NC2CCCN(c3ncccn3)C2)c1. The zero-order chi connectivity index (χ0) is 19.3. The van der Waals surface area contributed by atoms with Crippen LogP contribution >= 0.6 is 0 Å². The average molecular weight is 367 g/mol. The molecule has 0 bridgehead atoms. The fourth-order valence-electron chi connectivity index (χ4n) is 3.44. The van der Waals surface area contributed by atoms with Crippen LogP contribution in [0, 0.1) is 6.92 Å². The molecule has 27 heavy (non-hydrogen) atoms. The highest BCUT2D eigenvalue weighted by atomic mass is 16.2. The summed E-state index contributed by atoms with van der Waals surface area (Å²) < 4.78 is 0. The summed E-state index contributed by atoms with van der Waals surface area (Å²) in [6, 6.07) is 10.2. The minimum absolute atomic E-state index is 0.102. The van der Waals surface area contributed by atoms with Gasteiger partial charge in [0.15, 0.2) is 0 Å². The Morgan fingerprint density at radius 3 is 2.78 bits per heavy atom. The van der Waals surface area contributed by atoms with E-state index in [0.717, 1.165) is 31.9 Å². The molecule has 1 atom stereocenters. The molecule has 0 aliphatic carbocycles. The van der Waals surface area contributed by atoms with Crippen LogP contribution in [0.5, 0.6) is 0 Å². The molecule has 1 unspecified atom stereocenters. The Morgan fingerprint density at radius 1 is 1.26 bits per heavy atom. The molecule has 3 rings (SSSR count). The fourth-order valence-corrected chi connectivity index (χ4v) is 3.44. The number of urea groups is 1. The van der Waals surface area contributed by atoms with E-state index in [-0.39, 0.29) is 17.5 Å². The first-order valence-electron chi connectivity index (χ1n) is 9.57. The van der Waals surface area contributed by atoms with Crippen LogP contribution in [0.15, 0.2) is 42.7 Å². The van der Waals surface area contributed by atoms with Crippen LogP contribution in [0.25, 0.3) is 0 Å². The number of aromatic nitrogens is 2. The first kappa shape index (κ1) is 19.1. The third-order valence-corrected chi connectivity index (χ3v) is 5.08. The second kappa shape index (κ2) is 8.37. The van der Waals surface area contributed by atoms with Gasteiger partial charge in [-0.25, -0.2) is 14.8 Å². The van der Waals surface area contributed by atoms with E-state index in [4.69, 9.17) is 0 Å². The van der Waals surface area contributed by atoms with E-state index in [1.165, 1.54) is 11.1 Å². The third kappa shape index (κ3) is 5.18. The van der Waals surface area contributed by atoms with Gasteiger partial charge < -0.3 is 15.5 Å². The van der Waals surface area contributed by atoms with Gasteiger partial charge in [0.25, 0.3) is 0 Å². The van der Waals surface area contributed by atoms with Crippen molar-refractivity contribution in [3.05, 3.63) is 53.9 Å². The molecule has 2 N–H and O–H groups in total. The van der Waals surface area contributed by atoms with E-state index in [9.17, 15) is 4.79 Å². The molecular weight excluding hydrogens is 338 g/mol. The number of hydrogen-bond donors (Lipinski definition) is 2. The van der Waals surface area contributed by atoms with E-state index in [0.29, 0.717) is 6.54 Å². The monoisotopic (exact) mass is 367 g/mol. The lowest BCUT2D eigenvalue weighted by molar-refractivity contribution is 0.232. The molecule has 2 amide bonds. The normalized spacial score (nSPS) is 17.4. The van der Waals surface area contributed by atoms with Gasteiger partial charge in [-0.05, 0) is 31.4 Å². The predicted octanol–water partition coefficient (Wildman–Crippen LogP) is 3.03. The minimum Gasteiger partial charge on any atom is -0.339 e. The summed E-state index contributed by atoms with van der Waals surface area (Å²) in [6.07, 6.45) is 5.48. The van der Waals surface area contributed by atoms with E-state index >= 15 is 0 Å². The number of nitrogens with zero attached hydrogens (tertiary/aromatic N) is 3. The maximum atomic E-state index is 12.4. The van der Waals surface area contributed by atoms with Crippen LogP contribution < -0.4 is 15.5 Å². The van der Waals surface area contributed by atoms with Crippen molar-refractivity contribution in [2.45, 2.75) is 45.1 Å². The number of nitrogens with one attached hydrogen (secondary N) is 2. The van der Waals surface area contributed by atoms with E-state index in [2.05, 4.69) is 70.5 Å². The van der Waals surface area contributed by atoms with E-state index < -0.39 is 0 Å². The Hall–Kier alpha value is -2.63. The summed E-state index contributed by atoms with van der Waals surface area (Å²) in [6.45, 7) is 8.63. The van der Waals surface area contributed by atoms with Crippen molar-refractivity contribution in [3.8, 4) is 0 Å². The van der Waals surface area contributed by atoms with Crippen molar-refractivity contribution in [1.29, 1.82) is 0 Å². The van der Waals surface area contributed by atoms with Gasteiger partial charge in [0, 0.05) is 43.5 Å². The smallest absolute Gasteiger partial charge is 0.315 e. The molecule has 1 aliphatic heterocycles. The fraction of sp³-hybridized carbons (Fsp3) is 0.476. The molecular formula is C21H29N5O. The lowest BCUT2D eigenvalue weighted by atomic mass is 9.84. The minimum atomic E-state index is -0.125. The molecule has 1 aliphatic rings. The zero-order valence-corrected chi connectivity index (χ0v) is 16.4. The van der Waals surface area contributed by atoms with Gasteiger partial charge in [0.05, 0.1) is 0 Å². The summed E-state index contributed by atoms with van der Waals surface area (Å²) in [5, 5.41) is 6.15. The van der Waals surface area contributed by atoms with Gasteiger partial charge in [0.2, 0.25) is 5.95 Å². The summed E-state index contributed by atoms with van der Waals surface area (Å²) in [5.74, 6) is 0.727. The first-order valence-corrected chi connectivity index (χ1v) is 9.57. The Morgan fingerprint density at radius 2 is 2.04 bits per heavy atom. The zero-order valence-electron chi connectivity index (χ0n) is 16.4. The summed E-state index contributed by atoms with van der Waals surface area (Å²) in [4.78, 5) is 23.2. The number of rotatable bonds is 5. The first-order chi connectivity index (χ1) is 12.9. The van der Waals surface area contributed by atoms with Crippen molar-refractivity contribution in [2.24, 2.45) is 0 Å². The van der Waals surface area contributed by atoms with Crippen molar-refractivity contribution in [1.82, 2.24) is 20.6 Å². The topological polar surface area (TPSA) is 70.2 Å². The van der Waals surface area contributed by atoms with Crippen molar-refractivity contribution in [2.75, 3.05) is 24.5 Å². The van der Waals surface area contributed by atoms with E-state index in [1.807, 2.05) is 6.07 Å². The van der Waals surface area contributed by atoms with Crippen LogP contribution in [-0.2, 0) is 5.41 Å². The number of piperidine rings is 1. The maximum absolute atomic E-state index is 12.4. The third-order valence-electron chi connectivity index (χ3n) is 5.08. The second-order valence-electron chi connectivity index (χ2n) is 7.91. The van der Waals surface area contributed by atoms with Crippen molar-refractivity contribution < 1.29 is 4.79 Å². The number of carbonyl (C=O) groups is 1. The van der Waals surface area contributed by atoms with Gasteiger partial charge in [0.1, 0.15) is 0 Å². The standard InChI is InChI=1S/C21H29N5O/c1-16-7-4-8-17(13-16)21(2,3)15-24-20(27)25-18-9-5-12-26(14-18)19-22-10-6-11-23-19/h4,6-8,10-11,13,18H,5,9,12,14-15H2,1-3H3,(H2,24,25,27). The molecule has 1 fully saturated rings. The molecule has 6 nitrogen and oxygen atoms in total. The Labute approximate surface area is 161 Å². The van der Waals surface area contributed by atoms with Crippen LogP contribution in [0.3, 0.4) is 0 Å². The number of anilines is 1. The highest BCUT2D eigenvalue weighted by molar-refractivity contribution is 5.74.